The number of amides is 1. The van der Waals surface area contributed by atoms with Gasteiger partial charge in [-0.25, -0.2) is 4.79 Å². The summed E-state index contributed by atoms with van der Waals surface area (Å²) < 4.78 is 0. The molecule has 1 unspecified atom stereocenters. The molecule has 2 atom stereocenters. The summed E-state index contributed by atoms with van der Waals surface area (Å²) in [5.74, 6) is -2.49. The summed E-state index contributed by atoms with van der Waals surface area (Å²) in [6, 6.07) is -0.251. The van der Waals surface area contributed by atoms with E-state index in [2.05, 4.69) is 10.6 Å². The molecule has 1 aliphatic heterocycles. The van der Waals surface area contributed by atoms with Crippen molar-refractivity contribution in [3.05, 3.63) is 0 Å². The predicted octanol–water partition coefficient (Wildman–Crippen LogP) is -2.56. The van der Waals surface area contributed by atoms with Crippen LogP contribution in [0.2, 0.25) is 0 Å². The van der Waals surface area contributed by atoms with Crippen molar-refractivity contribution in [2.24, 2.45) is 5.73 Å². The minimum Gasteiger partial charge on any atom is -0.474 e. The zero-order valence-electron chi connectivity index (χ0n) is 5.70. The Labute approximate surface area is 62.8 Å². The van der Waals surface area contributed by atoms with E-state index in [4.69, 9.17) is 10.8 Å². The van der Waals surface area contributed by atoms with Gasteiger partial charge in [0.05, 0.1) is 12.2 Å². The van der Waals surface area contributed by atoms with Gasteiger partial charge in [-0.3, -0.25) is 10.1 Å². The largest absolute Gasteiger partial charge is 0.474 e. The number of nitrogens with two attached hydrogens (primary N) is 1. The Hall–Kier alpha value is -1.14. The molecule has 1 heterocycles. The molecule has 0 aromatic carbocycles. The molecule has 5 N–H and O–H groups in total. The monoisotopic (exact) mass is 159 g/mol. The van der Waals surface area contributed by atoms with Crippen LogP contribution in [0, 0.1) is 0 Å². The minimum atomic E-state index is -1.48. The van der Waals surface area contributed by atoms with E-state index in [0.29, 0.717) is 6.54 Å². The third-order valence-corrected chi connectivity index (χ3v) is 1.52. The summed E-state index contributed by atoms with van der Waals surface area (Å²) in [7, 11) is 0. The van der Waals surface area contributed by atoms with Crippen LogP contribution in [0.25, 0.3) is 0 Å². The molecule has 62 valence electrons. The molecule has 0 saturated carbocycles. The van der Waals surface area contributed by atoms with Crippen molar-refractivity contribution in [3.63, 3.8) is 0 Å². The van der Waals surface area contributed by atoms with Crippen LogP contribution in [-0.2, 0) is 9.59 Å². The van der Waals surface area contributed by atoms with Gasteiger partial charge in [-0.15, -0.1) is 0 Å². The third-order valence-electron chi connectivity index (χ3n) is 1.52. The van der Waals surface area contributed by atoms with Crippen molar-refractivity contribution < 1.29 is 14.7 Å². The first-order chi connectivity index (χ1) is 5.11. The van der Waals surface area contributed by atoms with Crippen LogP contribution in [-0.4, -0.2) is 35.7 Å². The molecule has 1 rings (SSSR count). The lowest BCUT2D eigenvalue weighted by Gasteiger charge is -2.34. The normalized spacial score (nSPS) is 28.8. The highest BCUT2D eigenvalue weighted by Crippen LogP contribution is 1.96. The van der Waals surface area contributed by atoms with Crippen LogP contribution in [0.1, 0.15) is 0 Å². The van der Waals surface area contributed by atoms with E-state index in [1.54, 1.807) is 0 Å². The molecule has 1 amide bonds. The molecule has 6 nitrogen and oxygen atoms in total. The molecule has 0 radical (unpaired) electrons. The second-order valence-corrected chi connectivity index (χ2v) is 2.32. The molecule has 11 heavy (non-hydrogen) atoms. The predicted molar refractivity (Wildman–Crippen MR) is 35.5 cm³/mol. The smallest absolute Gasteiger partial charge is 0.394 e. The van der Waals surface area contributed by atoms with Gasteiger partial charge in [-0.05, 0) is 0 Å². The van der Waals surface area contributed by atoms with E-state index >= 15 is 0 Å². The van der Waals surface area contributed by atoms with Gasteiger partial charge in [0.1, 0.15) is 0 Å². The Balaban J connectivity index is 2.31. The molecule has 6 heteroatoms. The number of carbonyl (C=O) groups is 2. The summed E-state index contributed by atoms with van der Waals surface area (Å²) in [5, 5.41) is 13.2. The first kappa shape index (κ1) is 7.96. The van der Waals surface area contributed by atoms with Gasteiger partial charge < -0.3 is 16.2 Å². The second kappa shape index (κ2) is 2.85. The summed E-state index contributed by atoms with van der Waals surface area (Å²) in [6.45, 7) is 0.528. The van der Waals surface area contributed by atoms with Crippen molar-refractivity contribution in [2.45, 2.75) is 12.2 Å². The fourth-order valence-electron chi connectivity index (χ4n) is 0.743. The number of carbonyl (C=O) groups excluding carboxylic acids is 1. The molecule has 1 aliphatic rings. The van der Waals surface area contributed by atoms with Crippen molar-refractivity contribution in [1.82, 2.24) is 10.6 Å². The van der Waals surface area contributed by atoms with Gasteiger partial charge in [-0.1, -0.05) is 0 Å². The first-order valence-electron chi connectivity index (χ1n) is 3.14. The number of hydrogen-bond donors (Lipinski definition) is 4. The van der Waals surface area contributed by atoms with E-state index < -0.39 is 11.9 Å². The quantitative estimate of drug-likeness (QED) is 0.315. The zero-order valence-corrected chi connectivity index (χ0v) is 5.70. The molecular formula is C5H9N3O3. The number of carboxylic acids is 1. The second-order valence-electron chi connectivity index (χ2n) is 2.32. The van der Waals surface area contributed by atoms with Crippen molar-refractivity contribution >= 4 is 11.9 Å². The lowest BCUT2D eigenvalue weighted by atomic mass is 10.1. The Morgan fingerprint density at radius 3 is 2.55 bits per heavy atom. The van der Waals surface area contributed by atoms with E-state index in [0.717, 1.165) is 0 Å². The lowest BCUT2D eigenvalue weighted by molar-refractivity contribution is -0.150. The average Bonchev–Trinajstić information content (AvgIpc) is 1.96. The maximum Gasteiger partial charge on any atom is 0.394 e. The van der Waals surface area contributed by atoms with E-state index in [9.17, 15) is 9.59 Å². The van der Waals surface area contributed by atoms with Crippen molar-refractivity contribution in [2.75, 3.05) is 6.54 Å². The van der Waals surface area contributed by atoms with Gasteiger partial charge in [0.25, 0.3) is 0 Å². The molecule has 1 saturated heterocycles. The standard InChI is InChI=1S/C5H9N3O3/c6-3-2(1-7-3)8-4(9)5(10)11/h2-3,7H,1,6H2,(H,8,9)(H,10,11)/t2-,3?/m1/s1. The summed E-state index contributed by atoms with van der Waals surface area (Å²) in [4.78, 5) is 20.5. The highest BCUT2D eigenvalue weighted by atomic mass is 16.4. The maximum absolute atomic E-state index is 10.5. The highest BCUT2D eigenvalue weighted by Gasteiger charge is 2.29. The Morgan fingerprint density at radius 1 is 1.64 bits per heavy atom. The molecular weight excluding hydrogens is 150 g/mol. The van der Waals surface area contributed by atoms with Gasteiger partial charge in [-0.2, -0.15) is 0 Å². The fourth-order valence-corrected chi connectivity index (χ4v) is 0.743. The van der Waals surface area contributed by atoms with Gasteiger partial charge in [0.2, 0.25) is 0 Å². The number of carboxylic acid groups (broad SMARTS) is 1. The lowest BCUT2D eigenvalue weighted by Crippen LogP contribution is -2.69. The molecule has 0 aromatic rings. The van der Waals surface area contributed by atoms with Gasteiger partial charge in [0, 0.05) is 6.54 Å². The average molecular weight is 159 g/mol. The minimum absolute atomic E-state index is 0.251. The first-order valence-corrected chi connectivity index (χ1v) is 3.14. The number of aliphatic carboxylic acids is 1. The molecule has 0 bridgehead atoms. The molecule has 0 aromatic heterocycles. The summed E-state index contributed by atoms with van der Waals surface area (Å²) >= 11 is 0. The fraction of sp³-hybridized carbons (Fsp3) is 0.600. The van der Waals surface area contributed by atoms with E-state index in [1.807, 2.05) is 0 Å². The Kier molecular flexibility index (Phi) is 2.06. The Bertz CT molecular complexity index is 193. The topological polar surface area (TPSA) is 104 Å². The summed E-state index contributed by atoms with van der Waals surface area (Å²) in [6.07, 6.45) is -0.321. The summed E-state index contributed by atoms with van der Waals surface area (Å²) in [5.41, 5.74) is 5.35. The number of nitrogens with one attached hydrogen (secondary N) is 2. The number of rotatable bonds is 1. The van der Waals surface area contributed by atoms with Crippen LogP contribution >= 0.6 is 0 Å². The highest BCUT2D eigenvalue weighted by molar-refractivity contribution is 6.31. The van der Waals surface area contributed by atoms with Crippen LogP contribution in [0.15, 0.2) is 0 Å². The number of hydrogen-bond acceptors (Lipinski definition) is 4. The zero-order chi connectivity index (χ0) is 8.43. The third kappa shape index (κ3) is 1.66. The molecule has 0 spiro atoms. The van der Waals surface area contributed by atoms with E-state index in [-0.39, 0.29) is 12.2 Å². The van der Waals surface area contributed by atoms with Crippen LogP contribution in [0.4, 0.5) is 0 Å². The SMILES string of the molecule is NC1NC[C@H]1NC(=O)C(=O)O. The molecule has 1 fully saturated rings. The van der Waals surface area contributed by atoms with Crippen LogP contribution in [0.3, 0.4) is 0 Å². The Morgan fingerprint density at radius 2 is 2.27 bits per heavy atom. The van der Waals surface area contributed by atoms with Gasteiger partial charge in [0.15, 0.2) is 0 Å². The van der Waals surface area contributed by atoms with Gasteiger partial charge >= 0.3 is 11.9 Å². The van der Waals surface area contributed by atoms with Crippen molar-refractivity contribution in [3.8, 4) is 0 Å². The van der Waals surface area contributed by atoms with Crippen molar-refractivity contribution in [1.29, 1.82) is 0 Å². The van der Waals surface area contributed by atoms with Crippen LogP contribution in [0.5, 0.6) is 0 Å². The van der Waals surface area contributed by atoms with E-state index in [1.165, 1.54) is 0 Å². The molecule has 0 aliphatic carbocycles. The maximum atomic E-state index is 10.5. The van der Waals surface area contributed by atoms with Crippen LogP contribution < -0.4 is 16.4 Å².